The maximum Gasteiger partial charge on any atom is 0.264 e. The second-order valence-electron chi connectivity index (χ2n) is 5.49. The summed E-state index contributed by atoms with van der Waals surface area (Å²) in [6.07, 6.45) is 0. The monoisotopic (exact) mass is 345 g/mol. The molecule has 0 saturated carbocycles. The van der Waals surface area contributed by atoms with Gasteiger partial charge in [0.15, 0.2) is 0 Å². The summed E-state index contributed by atoms with van der Waals surface area (Å²) < 4.78 is 0. The summed E-state index contributed by atoms with van der Waals surface area (Å²) in [5.41, 5.74) is 1.94. The Bertz CT molecular complexity index is 852. The second kappa shape index (κ2) is 6.37. The number of amides is 1. The predicted octanol–water partition coefficient (Wildman–Crippen LogP) is 4.34. The van der Waals surface area contributed by atoms with Crippen molar-refractivity contribution in [2.45, 2.75) is 34.2 Å². The summed E-state index contributed by atoms with van der Waals surface area (Å²) in [6, 6.07) is 4.09. The molecule has 0 fully saturated rings. The van der Waals surface area contributed by atoms with Crippen LogP contribution in [0.5, 0.6) is 0 Å². The van der Waals surface area contributed by atoms with Gasteiger partial charge in [-0.1, -0.05) is 6.07 Å². The van der Waals surface area contributed by atoms with Gasteiger partial charge in [0.1, 0.15) is 10.7 Å². The fraction of sp³-hybridized carbons (Fsp3) is 0.353. The molecule has 0 saturated heterocycles. The maximum absolute atomic E-state index is 13.0. The van der Waals surface area contributed by atoms with E-state index in [1.54, 1.807) is 11.3 Å². The van der Waals surface area contributed by atoms with Crippen LogP contribution < -0.4 is 0 Å². The van der Waals surface area contributed by atoms with Crippen molar-refractivity contribution in [3.63, 3.8) is 0 Å². The lowest BCUT2D eigenvalue weighted by Gasteiger charge is -2.19. The van der Waals surface area contributed by atoms with Gasteiger partial charge < -0.3 is 4.90 Å². The number of rotatable bonds is 4. The Balaban J connectivity index is 1.99. The lowest BCUT2D eigenvalue weighted by molar-refractivity contribution is 0.0758. The first-order valence-electron chi connectivity index (χ1n) is 7.57. The van der Waals surface area contributed by atoms with Gasteiger partial charge in [0.2, 0.25) is 0 Å². The number of nitrogens with zero attached hydrogens (tertiary/aromatic N) is 3. The van der Waals surface area contributed by atoms with Crippen LogP contribution in [-0.4, -0.2) is 27.3 Å². The SMILES string of the molecule is CCN(Cc1cccs1)C(=O)c1sc2nc(C)nc(C)c2c1C. The average Bonchev–Trinajstić information content (AvgIpc) is 3.12. The van der Waals surface area contributed by atoms with Gasteiger partial charge in [-0.2, -0.15) is 0 Å². The summed E-state index contributed by atoms with van der Waals surface area (Å²) in [5, 5.41) is 3.07. The van der Waals surface area contributed by atoms with E-state index in [9.17, 15) is 4.79 Å². The third kappa shape index (κ3) is 3.01. The highest BCUT2D eigenvalue weighted by molar-refractivity contribution is 7.20. The molecule has 1 amide bonds. The topological polar surface area (TPSA) is 46.1 Å². The molecule has 23 heavy (non-hydrogen) atoms. The van der Waals surface area contributed by atoms with Crippen LogP contribution in [0.4, 0.5) is 0 Å². The first-order chi connectivity index (χ1) is 11.0. The molecule has 0 aliphatic carbocycles. The fourth-order valence-electron chi connectivity index (χ4n) is 2.74. The first-order valence-corrected chi connectivity index (χ1v) is 9.26. The number of hydrogen-bond donors (Lipinski definition) is 0. The third-order valence-electron chi connectivity index (χ3n) is 3.87. The molecule has 0 radical (unpaired) electrons. The van der Waals surface area contributed by atoms with Crippen molar-refractivity contribution in [1.82, 2.24) is 14.9 Å². The van der Waals surface area contributed by atoms with E-state index in [-0.39, 0.29) is 5.91 Å². The molecule has 6 heteroatoms. The van der Waals surface area contributed by atoms with E-state index in [1.807, 2.05) is 44.0 Å². The lowest BCUT2D eigenvalue weighted by atomic mass is 10.1. The van der Waals surface area contributed by atoms with Crippen molar-refractivity contribution in [3.05, 3.63) is 44.3 Å². The molecule has 3 heterocycles. The molecular weight excluding hydrogens is 326 g/mol. The molecule has 0 bridgehead atoms. The Morgan fingerprint density at radius 2 is 2.04 bits per heavy atom. The highest BCUT2D eigenvalue weighted by Crippen LogP contribution is 2.32. The normalized spacial score (nSPS) is 11.1. The van der Waals surface area contributed by atoms with Gasteiger partial charge in [-0.05, 0) is 44.7 Å². The molecule has 0 N–H and O–H groups in total. The van der Waals surface area contributed by atoms with Gasteiger partial charge in [0.25, 0.3) is 5.91 Å². The highest BCUT2D eigenvalue weighted by atomic mass is 32.1. The zero-order valence-electron chi connectivity index (χ0n) is 13.7. The van der Waals surface area contributed by atoms with Gasteiger partial charge in [-0.25, -0.2) is 9.97 Å². The predicted molar refractivity (Wildman–Crippen MR) is 96.4 cm³/mol. The molecule has 0 unspecified atom stereocenters. The molecular formula is C17H19N3OS2. The van der Waals surface area contributed by atoms with Crippen LogP contribution in [0, 0.1) is 20.8 Å². The number of aromatic nitrogens is 2. The number of aryl methyl sites for hydroxylation is 3. The largest absolute Gasteiger partial charge is 0.333 e. The summed E-state index contributed by atoms with van der Waals surface area (Å²) in [6.45, 7) is 9.23. The quantitative estimate of drug-likeness (QED) is 0.706. The van der Waals surface area contributed by atoms with Gasteiger partial charge in [-0.15, -0.1) is 22.7 Å². The van der Waals surface area contributed by atoms with Gasteiger partial charge in [0, 0.05) is 22.5 Å². The minimum absolute atomic E-state index is 0.0819. The standard InChI is InChI=1S/C17H19N3OS2/c1-5-20(9-13-7-6-8-22-13)17(21)15-10(2)14-11(3)18-12(4)19-16(14)23-15/h6-8H,5,9H2,1-4H3. The van der Waals surface area contributed by atoms with E-state index in [1.165, 1.54) is 16.2 Å². The van der Waals surface area contributed by atoms with E-state index in [4.69, 9.17) is 0 Å². The van der Waals surface area contributed by atoms with E-state index < -0.39 is 0 Å². The van der Waals surface area contributed by atoms with Crippen LogP contribution in [0.3, 0.4) is 0 Å². The Morgan fingerprint density at radius 1 is 1.26 bits per heavy atom. The molecule has 0 spiro atoms. The third-order valence-corrected chi connectivity index (χ3v) is 5.91. The number of thiophene rings is 2. The molecule has 4 nitrogen and oxygen atoms in total. The number of carbonyl (C=O) groups is 1. The van der Waals surface area contributed by atoms with E-state index in [0.29, 0.717) is 13.1 Å². The fourth-order valence-corrected chi connectivity index (χ4v) is 4.70. The average molecular weight is 345 g/mol. The summed E-state index contributed by atoms with van der Waals surface area (Å²) in [7, 11) is 0. The number of hydrogen-bond acceptors (Lipinski definition) is 5. The smallest absolute Gasteiger partial charge is 0.264 e. The van der Waals surface area contributed by atoms with Crippen LogP contribution >= 0.6 is 22.7 Å². The van der Waals surface area contributed by atoms with E-state index in [2.05, 4.69) is 16.0 Å². The molecule has 3 aromatic rings. The van der Waals surface area contributed by atoms with Gasteiger partial charge in [-0.3, -0.25) is 4.79 Å². The Hall–Kier alpha value is -1.79. The molecule has 3 rings (SSSR count). The van der Waals surface area contributed by atoms with Crippen LogP contribution in [0.25, 0.3) is 10.2 Å². The Labute approximate surface area is 143 Å². The highest BCUT2D eigenvalue weighted by Gasteiger charge is 2.22. The molecule has 0 aliphatic rings. The lowest BCUT2D eigenvalue weighted by Crippen LogP contribution is -2.29. The minimum Gasteiger partial charge on any atom is -0.333 e. The van der Waals surface area contributed by atoms with Crippen LogP contribution in [0.15, 0.2) is 17.5 Å². The molecule has 3 aromatic heterocycles. The molecule has 120 valence electrons. The number of fused-ring (bicyclic) bond motifs is 1. The maximum atomic E-state index is 13.0. The minimum atomic E-state index is 0.0819. The molecule has 0 atom stereocenters. The van der Waals surface area contributed by atoms with Crippen molar-refractivity contribution in [1.29, 1.82) is 0 Å². The van der Waals surface area contributed by atoms with Crippen molar-refractivity contribution in [2.24, 2.45) is 0 Å². The Kier molecular flexibility index (Phi) is 4.46. The summed E-state index contributed by atoms with van der Waals surface area (Å²) in [5.74, 6) is 0.833. The van der Waals surface area contributed by atoms with Crippen molar-refractivity contribution >= 4 is 38.8 Å². The molecule has 0 aromatic carbocycles. The summed E-state index contributed by atoms with van der Waals surface area (Å²) in [4.78, 5) is 26.7. The van der Waals surface area contributed by atoms with Gasteiger partial charge >= 0.3 is 0 Å². The van der Waals surface area contributed by atoms with E-state index in [0.717, 1.165) is 32.2 Å². The second-order valence-corrected chi connectivity index (χ2v) is 7.52. The first kappa shape index (κ1) is 16.1. The van der Waals surface area contributed by atoms with Gasteiger partial charge in [0.05, 0.1) is 11.4 Å². The van der Waals surface area contributed by atoms with Crippen LogP contribution in [0.2, 0.25) is 0 Å². The van der Waals surface area contributed by atoms with Crippen molar-refractivity contribution < 1.29 is 4.79 Å². The van der Waals surface area contributed by atoms with E-state index >= 15 is 0 Å². The van der Waals surface area contributed by atoms with Crippen molar-refractivity contribution in [2.75, 3.05) is 6.54 Å². The summed E-state index contributed by atoms with van der Waals surface area (Å²) >= 11 is 3.16. The number of carbonyl (C=O) groups excluding carboxylic acids is 1. The van der Waals surface area contributed by atoms with Crippen LogP contribution in [-0.2, 0) is 6.54 Å². The Morgan fingerprint density at radius 3 is 2.70 bits per heavy atom. The van der Waals surface area contributed by atoms with Crippen LogP contribution in [0.1, 0.15) is 38.6 Å². The zero-order chi connectivity index (χ0) is 16.6. The molecule has 0 aliphatic heterocycles. The zero-order valence-corrected chi connectivity index (χ0v) is 15.3. The van der Waals surface area contributed by atoms with Crippen molar-refractivity contribution in [3.8, 4) is 0 Å².